The van der Waals surface area contributed by atoms with E-state index >= 15 is 0 Å². The van der Waals surface area contributed by atoms with E-state index in [0.717, 1.165) is 18.4 Å². The molecule has 0 aliphatic heterocycles. The van der Waals surface area contributed by atoms with Crippen molar-refractivity contribution >= 4 is 0 Å². The Balaban J connectivity index is 2.25. The predicted molar refractivity (Wildman–Crippen MR) is 66.1 cm³/mol. The van der Waals surface area contributed by atoms with Crippen molar-refractivity contribution in [3.63, 3.8) is 0 Å². The topological polar surface area (TPSA) is 60.4 Å². The molecule has 1 fully saturated rings. The number of hydrazine groups is 1. The van der Waals surface area contributed by atoms with Gasteiger partial charge in [-0.25, -0.2) is 5.43 Å². The molecule has 4 nitrogen and oxygen atoms in total. The van der Waals surface area contributed by atoms with Crippen molar-refractivity contribution in [1.82, 2.24) is 5.43 Å². The van der Waals surface area contributed by atoms with Crippen LogP contribution in [0.15, 0.2) is 23.0 Å². The molecule has 2 rings (SSSR count). The molecule has 0 spiro atoms. The maximum Gasteiger partial charge on any atom is 0.0952 e. The average molecular weight is 238 g/mol. The van der Waals surface area contributed by atoms with E-state index in [9.17, 15) is 0 Å². The van der Waals surface area contributed by atoms with Gasteiger partial charge in [0.1, 0.15) is 0 Å². The number of hydrogen-bond donors (Lipinski definition) is 2. The van der Waals surface area contributed by atoms with Crippen LogP contribution in [0.2, 0.25) is 0 Å². The molecule has 3 atom stereocenters. The fourth-order valence-electron chi connectivity index (χ4n) is 3.10. The first-order valence-electron chi connectivity index (χ1n) is 6.25. The number of furan rings is 1. The lowest BCUT2D eigenvalue weighted by Gasteiger charge is -2.44. The highest BCUT2D eigenvalue weighted by Crippen LogP contribution is 2.42. The van der Waals surface area contributed by atoms with E-state index in [4.69, 9.17) is 15.0 Å². The molecule has 1 aliphatic carbocycles. The first-order chi connectivity index (χ1) is 8.22. The Morgan fingerprint density at radius 2 is 2.47 bits per heavy atom. The minimum Gasteiger partial charge on any atom is -0.472 e. The zero-order valence-corrected chi connectivity index (χ0v) is 10.6. The largest absolute Gasteiger partial charge is 0.472 e. The third kappa shape index (κ3) is 2.39. The molecule has 1 heterocycles. The maximum absolute atomic E-state index is 5.84. The molecule has 0 amide bonds. The SMILES string of the molecule is COC1(C(NN)c2ccoc2)CCCC(C)C1. The van der Waals surface area contributed by atoms with Crippen molar-refractivity contribution < 1.29 is 9.15 Å². The van der Waals surface area contributed by atoms with Crippen LogP contribution in [0, 0.1) is 5.92 Å². The summed E-state index contributed by atoms with van der Waals surface area (Å²) < 4.78 is 11.0. The minimum absolute atomic E-state index is 0.00556. The second-order valence-electron chi connectivity index (χ2n) is 5.13. The van der Waals surface area contributed by atoms with E-state index in [2.05, 4.69) is 12.3 Å². The van der Waals surface area contributed by atoms with Gasteiger partial charge in [-0.1, -0.05) is 19.8 Å². The summed E-state index contributed by atoms with van der Waals surface area (Å²) in [5, 5.41) is 0. The lowest BCUT2D eigenvalue weighted by molar-refractivity contribution is -0.0807. The average Bonchev–Trinajstić information content (AvgIpc) is 2.83. The summed E-state index contributed by atoms with van der Waals surface area (Å²) in [4.78, 5) is 0. The summed E-state index contributed by atoms with van der Waals surface area (Å²) in [5.74, 6) is 6.40. The van der Waals surface area contributed by atoms with Gasteiger partial charge in [-0.3, -0.25) is 5.84 Å². The molecule has 1 aliphatic rings. The summed E-state index contributed by atoms with van der Waals surface area (Å²) >= 11 is 0. The highest BCUT2D eigenvalue weighted by molar-refractivity contribution is 5.17. The van der Waals surface area contributed by atoms with Gasteiger partial charge in [0, 0.05) is 12.7 Å². The van der Waals surface area contributed by atoms with E-state index in [1.165, 1.54) is 12.8 Å². The second kappa shape index (κ2) is 5.21. The zero-order valence-electron chi connectivity index (χ0n) is 10.6. The van der Waals surface area contributed by atoms with Gasteiger partial charge in [-0.2, -0.15) is 0 Å². The van der Waals surface area contributed by atoms with Crippen LogP contribution in [0.25, 0.3) is 0 Å². The molecule has 1 aromatic heterocycles. The summed E-state index contributed by atoms with van der Waals surface area (Å²) in [6.45, 7) is 2.27. The van der Waals surface area contributed by atoms with Gasteiger partial charge in [0.05, 0.1) is 24.2 Å². The monoisotopic (exact) mass is 238 g/mol. The number of hydrogen-bond acceptors (Lipinski definition) is 4. The number of ether oxygens (including phenoxy) is 1. The number of rotatable bonds is 4. The fraction of sp³-hybridized carbons (Fsp3) is 0.692. The Kier molecular flexibility index (Phi) is 3.86. The summed E-state index contributed by atoms with van der Waals surface area (Å²) in [6.07, 6.45) is 7.94. The molecule has 0 saturated heterocycles. The van der Waals surface area contributed by atoms with Crippen LogP contribution in [0.4, 0.5) is 0 Å². The molecule has 4 heteroatoms. The van der Waals surface area contributed by atoms with Crippen molar-refractivity contribution in [3.05, 3.63) is 24.2 Å². The van der Waals surface area contributed by atoms with Gasteiger partial charge in [0.25, 0.3) is 0 Å². The number of methoxy groups -OCH3 is 1. The van der Waals surface area contributed by atoms with E-state index in [1.54, 1.807) is 19.6 Å². The van der Waals surface area contributed by atoms with Crippen LogP contribution >= 0.6 is 0 Å². The standard InChI is InChI=1S/C13H22N2O2/c1-10-4-3-6-13(8-10,16-2)12(15-14)11-5-7-17-9-11/h5,7,9-10,12,15H,3-4,6,8,14H2,1-2H3. The van der Waals surface area contributed by atoms with Crippen LogP contribution < -0.4 is 11.3 Å². The summed E-state index contributed by atoms with van der Waals surface area (Å²) in [5.41, 5.74) is 3.75. The van der Waals surface area contributed by atoms with Gasteiger partial charge < -0.3 is 9.15 Å². The fourth-order valence-corrected chi connectivity index (χ4v) is 3.10. The lowest BCUT2D eigenvalue weighted by Crippen LogP contribution is -2.50. The highest BCUT2D eigenvalue weighted by Gasteiger charge is 2.42. The molecule has 3 N–H and O–H groups in total. The molecular formula is C13H22N2O2. The predicted octanol–water partition coefficient (Wildman–Crippen LogP) is 2.38. The summed E-state index contributed by atoms with van der Waals surface area (Å²) in [7, 11) is 1.78. The number of nitrogens with two attached hydrogens (primary N) is 1. The normalized spacial score (nSPS) is 31.4. The number of nitrogens with one attached hydrogen (secondary N) is 1. The molecule has 96 valence electrons. The molecule has 0 aromatic carbocycles. The van der Waals surface area contributed by atoms with Crippen molar-refractivity contribution in [2.24, 2.45) is 11.8 Å². The molecule has 17 heavy (non-hydrogen) atoms. The molecule has 0 bridgehead atoms. The van der Waals surface area contributed by atoms with Crippen molar-refractivity contribution in [1.29, 1.82) is 0 Å². The quantitative estimate of drug-likeness (QED) is 0.624. The van der Waals surface area contributed by atoms with Gasteiger partial charge in [-0.05, 0) is 24.8 Å². The molecular weight excluding hydrogens is 216 g/mol. The van der Waals surface area contributed by atoms with Crippen molar-refractivity contribution in [2.75, 3.05) is 7.11 Å². The van der Waals surface area contributed by atoms with Gasteiger partial charge in [0.2, 0.25) is 0 Å². The first kappa shape index (κ1) is 12.6. The van der Waals surface area contributed by atoms with Crippen molar-refractivity contribution in [3.8, 4) is 0 Å². The Labute approximate surface area is 102 Å². The minimum atomic E-state index is -0.212. The van der Waals surface area contributed by atoms with Crippen molar-refractivity contribution in [2.45, 2.75) is 44.2 Å². The summed E-state index contributed by atoms with van der Waals surface area (Å²) in [6, 6.07) is 1.94. The van der Waals surface area contributed by atoms with Crippen LogP contribution in [-0.2, 0) is 4.74 Å². The van der Waals surface area contributed by atoms with Crippen LogP contribution in [-0.4, -0.2) is 12.7 Å². The van der Waals surface area contributed by atoms with Gasteiger partial charge in [0.15, 0.2) is 0 Å². The van der Waals surface area contributed by atoms with Crippen LogP contribution in [0.3, 0.4) is 0 Å². The van der Waals surface area contributed by atoms with Gasteiger partial charge >= 0.3 is 0 Å². The molecule has 3 unspecified atom stereocenters. The highest BCUT2D eigenvalue weighted by atomic mass is 16.5. The van der Waals surface area contributed by atoms with Gasteiger partial charge in [-0.15, -0.1) is 0 Å². The molecule has 1 saturated carbocycles. The Hall–Kier alpha value is -0.840. The first-order valence-corrected chi connectivity index (χ1v) is 6.25. The lowest BCUT2D eigenvalue weighted by atomic mass is 9.73. The third-order valence-electron chi connectivity index (χ3n) is 3.97. The van der Waals surface area contributed by atoms with Crippen LogP contribution in [0.1, 0.15) is 44.2 Å². The molecule has 1 aromatic rings. The van der Waals surface area contributed by atoms with E-state index in [0.29, 0.717) is 5.92 Å². The smallest absolute Gasteiger partial charge is 0.0952 e. The van der Waals surface area contributed by atoms with E-state index in [-0.39, 0.29) is 11.6 Å². The van der Waals surface area contributed by atoms with E-state index in [1.807, 2.05) is 6.07 Å². The molecule has 0 radical (unpaired) electrons. The second-order valence-corrected chi connectivity index (χ2v) is 5.13. The maximum atomic E-state index is 5.84. The Morgan fingerprint density at radius 3 is 3.00 bits per heavy atom. The Bertz CT molecular complexity index is 339. The third-order valence-corrected chi connectivity index (χ3v) is 3.97. The van der Waals surface area contributed by atoms with E-state index < -0.39 is 0 Å². The Morgan fingerprint density at radius 1 is 1.65 bits per heavy atom. The zero-order chi connectivity index (χ0) is 12.3. The van der Waals surface area contributed by atoms with Crippen LogP contribution in [0.5, 0.6) is 0 Å².